The van der Waals surface area contributed by atoms with Crippen molar-refractivity contribution >= 4 is 26.7 Å². The standard InChI is InChI=1S/C16H13F3N2OS.BrH/c17-16(18,19)22-12-6-7-13-14(10-12)23-15(20)21(13)9-8-11-4-2-1-3-5-11;/h1-7,10,20H,8-9H2;1H. The highest BCUT2D eigenvalue weighted by atomic mass is 79.9. The van der Waals surface area contributed by atoms with Gasteiger partial charge in [0.2, 0.25) is 0 Å². The summed E-state index contributed by atoms with van der Waals surface area (Å²) in [6.07, 6.45) is -3.90. The predicted octanol–water partition coefficient (Wildman–Crippen LogP) is 0.916. The number of nitrogens with zero attached hydrogens (tertiary/aromatic N) is 1. The molecule has 2 N–H and O–H groups in total. The van der Waals surface area contributed by atoms with Gasteiger partial charge >= 0.3 is 11.5 Å². The van der Waals surface area contributed by atoms with Gasteiger partial charge in [-0.25, -0.2) is 4.57 Å². The number of nitrogen functional groups attached to an aromatic ring is 1. The van der Waals surface area contributed by atoms with Crippen LogP contribution in [0.5, 0.6) is 5.75 Å². The van der Waals surface area contributed by atoms with Crippen LogP contribution in [0.1, 0.15) is 5.56 Å². The summed E-state index contributed by atoms with van der Waals surface area (Å²) < 4.78 is 43.4. The van der Waals surface area contributed by atoms with E-state index in [0.717, 1.165) is 11.9 Å². The molecule has 0 unspecified atom stereocenters. The molecule has 3 rings (SSSR count). The number of hydrogen-bond donors (Lipinski definition) is 1. The number of anilines is 1. The summed E-state index contributed by atoms with van der Waals surface area (Å²) in [5, 5.41) is 0.556. The number of hydrogen-bond acceptors (Lipinski definition) is 3. The largest absolute Gasteiger partial charge is 1.00 e. The molecule has 1 heterocycles. The summed E-state index contributed by atoms with van der Waals surface area (Å²) >= 11 is 1.25. The molecule has 3 nitrogen and oxygen atoms in total. The minimum Gasteiger partial charge on any atom is -1.00 e. The highest BCUT2D eigenvalue weighted by Gasteiger charge is 2.31. The molecule has 0 atom stereocenters. The Hall–Kier alpha value is -1.80. The van der Waals surface area contributed by atoms with Crippen LogP contribution in [-0.2, 0) is 13.0 Å². The lowest BCUT2D eigenvalue weighted by Gasteiger charge is -2.08. The van der Waals surface area contributed by atoms with Crippen molar-refractivity contribution in [2.24, 2.45) is 0 Å². The average molecular weight is 419 g/mol. The second kappa shape index (κ2) is 7.40. The third-order valence-electron chi connectivity index (χ3n) is 3.40. The second-order valence-corrected chi connectivity index (χ2v) is 6.07. The van der Waals surface area contributed by atoms with E-state index in [1.807, 2.05) is 34.9 Å². The lowest BCUT2D eigenvalue weighted by Crippen LogP contribution is -3.00. The minimum atomic E-state index is -4.69. The summed E-state index contributed by atoms with van der Waals surface area (Å²) in [6.45, 7) is 0.662. The number of nitrogens with two attached hydrogens (primary N) is 1. The van der Waals surface area contributed by atoms with Gasteiger partial charge in [-0.05, 0) is 29.0 Å². The lowest BCUT2D eigenvalue weighted by molar-refractivity contribution is -0.652. The van der Waals surface area contributed by atoms with Crippen LogP contribution in [0.4, 0.5) is 18.3 Å². The van der Waals surface area contributed by atoms with E-state index in [-0.39, 0.29) is 22.7 Å². The third kappa shape index (κ3) is 4.39. The van der Waals surface area contributed by atoms with E-state index < -0.39 is 6.36 Å². The first-order valence-corrected chi connectivity index (χ1v) is 7.75. The van der Waals surface area contributed by atoms with Crippen molar-refractivity contribution in [2.75, 3.05) is 5.73 Å². The van der Waals surface area contributed by atoms with Crippen LogP contribution >= 0.6 is 11.3 Å². The number of rotatable bonds is 4. The van der Waals surface area contributed by atoms with Crippen molar-refractivity contribution in [1.29, 1.82) is 0 Å². The van der Waals surface area contributed by atoms with Crippen molar-refractivity contribution in [1.82, 2.24) is 0 Å². The Kier molecular flexibility index (Phi) is 5.71. The Bertz CT molecular complexity index is 821. The van der Waals surface area contributed by atoms with E-state index in [2.05, 4.69) is 4.74 Å². The Morgan fingerprint density at radius 2 is 1.79 bits per heavy atom. The van der Waals surface area contributed by atoms with Gasteiger partial charge < -0.3 is 21.7 Å². The molecule has 2 aromatic carbocycles. The Labute approximate surface area is 151 Å². The average Bonchev–Trinajstić information content (AvgIpc) is 2.79. The van der Waals surface area contributed by atoms with Crippen molar-refractivity contribution in [2.45, 2.75) is 19.3 Å². The van der Waals surface area contributed by atoms with Gasteiger partial charge in [0.05, 0.1) is 11.2 Å². The summed E-state index contributed by atoms with van der Waals surface area (Å²) in [5.74, 6) is -0.235. The van der Waals surface area contributed by atoms with Crippen molar-refractivity contribution < 1.29 is 39.5 Å². The van der Waals surface area contributed by atoms with Crippen LogP contribution in [0, 0.1) is 0 Å². The number of halogens is 4. The third-order valence-corrected chi connectivity index (χ3v) is 4.38. The minimum absolute atomic E-state index is 0. The molecule has 1 aromatic heterocycles. The van der Waals surface area contributed by atoms with Crippen LogP contribution < -0.4 is 32.0 Å². The zero-order valence-corrected chi connectivity index (χ0v) is 14.8. The lowest BCUT2D eigenvalue weighted by atomic mass is 10.1. The summed E-state index contributed by atoms with van der Waals surface area (Å²) in [6, 6.07) is 14.2. The van der Waals surface area contributed by atoms with Gasteiger partial charge in [0.1, 0.15) is 11.3 Å². The molecule has 0 saturated carbocycles. The first kappa shape index (κ1) is 18.5. The fourth-order valence-electron chi connectivity index (χ4n) is 2.40. The van der Waals surface area contributed by atoms with E-state index in [1.165, 1.54) is 29.0 Å². The number of benzene rings is 2. The summed E-state index contributed by atoms with van der Waals surface area (Å²) in [7, 11) is 0. The summed E-state index contributed by atoms with van der Waals surface area (Å²) in [4.78, 5) is 0. The smallest absolute Gasteiger partial charge is 0.573 e. The summed E-state index contributed by atoms with van der Waals surface area (Å²) in [5.41, 5.74) is 7.99. The normalized spacial score (nSPS) is 11.3. The quantitative estimate of drug-likeness (QED) is 0.639. The highest BCUT2D eigenvalue weighted by Crippen LogP contribution is 2.29. The van der Waals surface area contributed by atoms with Crippen LogP contribution in [0.15, 0.2) is 48.5 Å². The molecular formula is C16H14BrF3N2OS. The molecule has 0 spiro atoms. The molecule has 0 amide bonds. The monoisotopic (exact) mass is 418 g/mol. The Morgan fingerprint density at radius 3 is 2.46 bits per heavy atom. The van der Waals surface area contributed by atoms with Crippen molar-refractivity contribution in [3.8, 4) is 5.75 Å². The van der Waals surface area contributed by atoms with Gasteiger partial charge in [-0.2, -0.15) is 0 Å². The number of aromatic nitrogens is 1. The number of alkyl halides is 3. The zero-order chi connectivity index (χ0) is 16.4. The highest BCUT2D eigenvalue weighted by molar-refractivity contribution is 7.21. The molecule has 8 heteroatoms. The Balaban J connectivity index is 0.00000208. The number of fused-ring (bicyclic) bond motifs is 1. The maximum atomic E-state index is 12.3. The van der Waals surface area contributed by atoms with Gasteiger partial charge in [-0.1, -0.05) is 30.3 Å². The molecule has 0 aliphatic rings. The van der Waals surface area contributed by atoms with Crippen molar-refractivity contribution in [3.63, 3.8) is 0 Å². The van der Waals surface area contributed by atoms with Crippen LogP contribution in [-0.4, -0.2) is 6.36 Å². The molecule has 0 bridgehead atoms. The molecule has 0 fully saturated rings. The zero-order valence-electron chi connectivity index (χ0n) is 12.4. The first-order chi connectivity index (χ1) is 10.9. The van der Waals surface area contributed by atoms with E-state index in [0.29, 0.717) is 16.4 Å². The van der Waals surface area contributed by atoms with E-state index in [9.17, 15) is 13.2 Å². The van der Waals surface area contributed by atoms with Gasteiger partial charge in [0, 0.05) is 12.5 Å². The molecule has 24 heavy (non-hydrogen) atoms. The predicted molar refractivity (Wildman–Crippen MR) is 83.3 cm³/mol. The van der Waals surface area contributed by atoms with Gasteiger partial charge in [0.15, 0.2) is 0 Å². The number of aryl methyl sites for hydroxylation is 2. The Morgan fingerprint density at radius 1 is 1.08 bits per heavy atom. The second-order valence-electron chi connectivity index (χ2n) is 5.00. The van der Waals surface area contributed by atoms with E-state index in [4.69, 9.17) is 5.73 Å². The molecule has 3 aromatic rings. The molecule has 128 valence electrons. The van der Waals surface area contributed by atoms with Crippen LogP contribution in [0.2, 0.25) is 0 Å². The number of ether oxygens (including phenoxy) is 1. The number of thiazole rings is 1. The van der Waals surface area contributed by atoms with Gasteiger partial charge in [-0.15, -0.1) is 13.2 Å². The molecule has 0 saturated heterocycles. The van der Waals surface area contributed by atoms with Crippen LogP contribution in [0.3, 0.4) is 0 Å². The topological polar surface area (TPSA) is 39.1 Å². The van der Waals surface area contributed by atoms with Gasteiger partial charge in [0.25, 0.3) is 0 Å². The fraction of sp³-hybridized carbons (Fsp3) is 0.188. The van der Waals surface area contributed by atoms with Crippen molar-refractivity contribution in [3.05, 3.63) is 54.1 Å². The maximum absolute atomic E-state index is 12.3. The molecular weight excluding hydrogens is 405 g/mol. The fourth-order valence-corrected chi connectivity index (χ4v) is 3.38. The maximum Gasteiger partial charge on any atom is 0.573 e. The first-order valence-electron chi connectivity index (χ1n) is 6.94. The van der Waals surface area contributed by atoms with E-state index >= 15 is 0 Å². The molecule has 0 aliphatic carbocycles. The van der Waals surface area contributed by atoms with Crippen LogP contribution in [0.25, 0.3) is 10.2 Å². The molecule has 0 radical (unpaired) electrons. The molecule has 0 aliphatic heterocycles. The van der Waals surface area contributed by atoms with Gasteiger partial charge in [-0.3, -0.25) is 5.73 Å². The SMILES string of the molecule is Nc1sc2cc(OC(F)(F)F)ccc2[n+]1CCc1ccccc1.[Br-]. The van der Waals surface area contributed by atoms with E-state index in [1.54, 1.807) is 6.07 Å².